The molecule has 0 aromatic rings. The van der Waals surface area contributed by atoms with Crippen LogP contribution in [0.1, 0.15) is 104 Å². The van der Waals surface area contributed by atoms with E-state index in [1.807, 2.05) is 0 Å². The molecule has 0 saturated heterocycles. The summed E-state index contributed by atoms with van der Waals surface area (Å²) in [5, 5.41) is 0. The molecule has 0 aliphatic carbocycles. The first-order chi connectivity index (χ1) is 11.4. The highest BCUT2D eigenvalue weighted by Gasteiger charge is 2.10. The predicted molar refractivity (Wildman–Crippen MR) is 103 cm³/mol. The molecule has 0 saturated carbocycles. The van der Waals surface area contributed by atoms with Gasteiger partial charge in [0.1, 0.15) is 0 Å². The van der Waals surface area contributed by atoms with Gasteiger partial charge in [-0.05, 0) is 12.8 Å². The standard InChI is InChI=1S/C21H42N2/c1-3-5-7-9-11-12-14-16-18-23-20-19-22(21-23)17-15-13-10-8-6-4-2/h19-20H,3-18,21H2,1-2H3. The second kappa shape index (κ2) is 14.9. The van der Waals surface area contributed by atoms with Gasteiger partial charge in [0, 0.05) is 25.5 Å². The van der Waals surface area contributed by atoms with Gasteiger partial charge < -0.3 is 9.80 Å². The van der Waals surface area contributed by atoms with E-state index in [1.54, 1.807) is 0 Å². The Balaban J connectivity index is 1.86. The van der Waals surface area contributed by atoms with Gasteiger partial charge in [-0.25, -0.2) is 0 Å². The van der Waals surface area contributed by atoms with Gasteiger partial charge in [0.15, 0.2) is 0 Å². The number of hydrogen-bond donors (Lipinski definition) is 0. The van der Waals surface area contributed by atoms with Gasteiger partial charge in [0.25, 0.3) is 0 Å². The van der Waals surface area contributed by atoms with Crippen molar-refractivity contribution in [2.24, 2.45) is 0 Å². The molecule has 2 heteroatoms. The van der Waals surface area contributed by atoms with E-state index in [0.29, 0.717) is 0 Å². The van der Waals surface area contributed by atoms with E-state index in [1.165, 1.54) is 103 Å². The molecule has 0 aromatic carbocycles. The Labute approximate surface area is 146 Å². The summed E-state index contributed by atoms with van der Waals surface area (Å²) in [5.74, 6) is 0. The Hall–Kier alpha value is -0.660. The van der Waals surface area contributed by atoms with Crippen molar-refractivity contribution in [2.45, 2.75) is 104 Å². The summed E-state index contributed by atoms with van der Waals surface area (Å²) < 4.78 is 0. The third-order valence-corrected chi connectivity index (χ3v) is 4.95. The third-order valence-electron chi connectivity index (χ3n) is 4.95. The minimum Gasteiger partial charge on any atom is -0.359 e. The van der Waals surface area contributed by atoms with Crippen LogP contribution < -0.4 is 0 Å². The first-order valence-corrected chi connectivity index (χ1v) is 10.5. The smallest absolute Gasteiger partial charge is 0.0893 e. The Morgan fingerprint density at radius 1 is 0.522 bits per heavy atom. The number of nitrogens with zero attached hydrogens (tertiary/aromatic N) is 2. The first-order valence-electron chi connectivity index (χ1n) is 10.5. The molecule has 1 heterocycles. The summed E-state index contributed by atoms with van der Waals surface area (Å²) in [6.07, 6.45) is 24.3. The second-order valence-electron chi connectivity index (χ2n) is 7.31. The van der Waals surface area contributed by atoms with Gasteiger partial charge in [0.05, 0.1) is 6.67 Å². The summed E-state index contributed by atoms with van der Waals surface area (Å²) in [6.45, 7) is 8.20. The summed E-state index contributed by atoms with van der Waals surface area (Å²) in [5.41, 5.74) is 0. The van der Waals surface area contributed by atoms with Gasteiger partial charge in [0.2, 0.25) is 0 Å². The zero-order valence-corrected chi connectivity index (χ0v) is 16.1. The van der Waals surface area contributed by atoms with Crippen LogP contribution >= 0.6 is 0 Å². The summed E-state index contributed by atoms with van der Waals surface area (Å²) in [7, 11) is 0. The topological polar surface area (TPSA) is 6.48 Å². The van der Waals surface area contributed by atoms with Crippen LogP contribution in [-0.2, 0) is 0 Å². The zero-order valence-electron chi connectivity index (χ0n) is 16.1. The quantitative estimate of drug-likeness (QED) is 0.298. The van der Waals surface area contributed by atoms with E-state index in [9.17, 15) is 0 Å². The average Bonchev–Trinajstić information content (AvgIpc) is 3.01. The van der Waals surface area contributed by atoms with Gasteiger partial charge >= 0.3 is 0 Å². The van der Waals surface area contributed by atoms with E-state index in [-0.39, 0.29) is 0 Å². The molecule has 0 aromatic heterocycles. The lowest BCUT2D eigenvalue weighted by Crippen LogP contribution is -2.26. The van der Waals surface area contributed by atoms with Crippen LogP contribution in [0, 0.1) is 0 Å². The maximum Gasteiger partial charge on any atom is 0.0893 e. The molecule has 23 heavy (non-hydrogen) atoms. The lowest BCUT2D eigenvalue weighted by molar-refractivity contribution is 0.257. The number of unbranched alkanes of at least 4 members (excludes halogenated alkanes) is 12. The van der Waals surface area contributed by atoms with Crippen molar-refractivity contribution in [3.63, 3.8) is 0 Å². The van der Waals surface area contributed by atoms with E-state index in [4.69, 9.17) is 0 Å². The molecule has 0 amide bonds. The Bertz CT molecular complexity index is 275. The van der Waals surface area contributed by atoms with Gasteiger partial charge in [-0.1, -0.05) is 90.9 Å². The fourth-order valence-corrected chi connectivity index (χ4v) is 3.35. The van der Waals surface area contributed by atoms with Crippen molar-refractivity contribution in [2.75, 3.05) is 19.8 Å². The first kappa shape index (κ1) is 20.4. The molecule has 0 unspecified atom stereocenters. The van der Waals surface area contributed by atoms with Crippen molar-refractivity contribution >= 4 is 0 Å². The van der Waals surface area contributed by atoms with E-state index in [0.717, 1.165) is 6.67 Å². The molecule has 0 fully saturated rings. The van der Waals surface area contributed by atoms with Crippen molar-refractivity contribution in [3.05, 3.63) is 12.4 Å². The molecule has 1 aliphatic rings. The van der Waals surface area contributed by atoms with E-state index in [2.05, 4.69) is 36.0 Å². The summed E-state index contributed by atoms with van der Waals surface area (Å²) in [6, 6.07) is 0. The van der Waals surface area contributed by atoms with Crippen LogP contribution in [0.2, 0.25) is 0 Å². The maximum atomic E-state index is 2.49. The third kappa shape index (κ3) is 11.5. The molecule has 1 aliphatic heterocycles. The lowest BCUT2D eigenvalue weighted by Gasteiger charge is -2.21. The molecule has 0 radical (unpaired) electrons. The van der Waals surface area contributed by atoms with Crippen LogP contribution in [-0.4, -0.2) is 29.6 Å². The van der Waals surface area contributed by atoms with Crippen LogP contribution in [0.25, 0.3) is 0 Å². The van der Waals surface area contributed by atoms with Gasteiger partial charge in [-0.15, -0.1) is 0 Å². The molecule has 2 nitrogen and oxygen atoms in total. The molecule has 0 atom stereocenters. The predicted octanol–water partition coefficient (Wildman–Crippen LogP) is 6.53. The highest BCUT2D eigenvalue weighted by atomic mass is 15.3. The molecule has 0 N–H and O–H groups in total. The summed E-state index contributed by atoms with van der Waals surface area (Å²) in [4.78, 5) is 4.98. The van der Waals surface area contributed by atoms with Crippen LogP contribution in [0.15, 0.2) is 12.4 Å². The number of rotatable bonds is 16. The minimum absolute atomic E-state index is 1.13. The zero-order chi connectivity index (χ0) is 16.6. The Morgan fingerprint density at radius 2 is 0.870 bits per heavy atom. The SMILES string of the molecule is CCCCCCCCCCN1C=CN(CCCCCCCC)C1. The molecule has 1 rings (SSSR count). The average molecular weight is 323 g/mol. The number of hydrogen-bond acceptors (Lipinski definition) is 2. The van der Waals surface area contributed by atoms with E-state index >= 15 is 0 Å². The van der Waals surface area contributed by atoms with Crippen LogP contribution in [0.5, 0.6) is 0 Å². The molecular formula is C21H42N2. The monoisotopic (exact) mass is 322 g/mol. The molecule has 0 bridgehead atoms. The Kier molecular flexibility index (Phi) is 13.2. The van der Waals surface area contributed by atoms with Crippen LogP contribution in [0.3, 0.4) is 0 Å². The highest BCUT2D eigenvalue weighted by molar-refractivity contribution is 4.90. The van der Waals surface area contributed by atoms with E-state index < -0.39 is 0 Å². The molecular weight excluding hydrogens is 280 g/mol. The van der Waals surface area contributed by atoms with Crippen molar-refractivity contribution in [1.29, 1.82) is 0 Å². The maximum absolute atomic E-state index is 2.49. The normalized spacial score (nSPS) is 14.2. The largest absolute Gasteiger partial charge is 0.359 e. The van der Waals surface area contributed by atoms with Crippen molar-refractivity contribution < 1.29 is 0 Å². The second-order valence-corrected chi connectivity index (χ2v) is 7.31. The van der Waals surface area contributed by atoms with Crippen molar-refractivity contribution in [3.8, 4) is 0 Å². The van der Waals surface area contributed by atoms with Gasteiger partial charge in [-0.3, -0.25) is 0 Å². The lowest BCUT2D eigenvalue weighted by atomic mass is 10.1. The summed E-state index contributed by atoms with van der Waals surface area (Å²) >= 11 is 0. The van der Waals surface area contributed by atoms with Gasteiger partial charge in [-0.2, -0.15) is 0 Å². The Morgan fingerprint density at radius 3 is 1.26 bits per heavy atom. The molecule has 136 valence electrons. The minimum atomic E-state index is 1.13. The fourth-order valence-electron chi connectivity index (χ4n) is 3.35. The van der Waals surface area contributed by atoms with Crippen molar-refractivity contribution in [1.82, 2.24) is 9.80 Å². The molecule has 0 spiro atoms. The fraction of sp³-hybridized carbons (Fsp3) is 0.905. The highest BCUT2D eigenvalue weighted by Crippen LogP contribution is 2.13. The van der Waals surface area contributed by atoms with Crippen LogP contribution in [0.4, 0.5) is 0 Å².